The summed E-state index contributed by atoms with van der Waals surface area (Å²) in [5.74, 6) is -0.175. The number of carbonyl (C=O) groups is 3. The minimum absolute atomic E-state index is 0.0117. The highest BCUT2D eigenvalue weighted by atomic mass is 35.5. The summed E-state index contributed by atoms with van der Waals surface area (Å²) in [5.41, 5.74) is 1.62. The van der Waals surface area contributed by atoms with E-state index in [-0.39, 0.29) is 70.0 Å². The summed E-state index contributed by atoms with van der Waals surface area (Å²) in [4.78, 5) is 60.0. The average Bonchev–Trinajstić information content (AvgIpc) is 3.76. The summed E-state index contributed by atoms with van der Waals surface area (Å²) >= 11 is 9.00. The van der Waals surface area contributed by atoms with Crippen LogP contribution in [0.1, 0.15) is 42.0 Å². The highest BCUT2D eigenvalue weighted by molar-refractivity contribution is 8.00. The van der Waals surface area contributed by atoms with Crippen LogP contribution in [0.3, 0.4) is 0 Å². The first kappa shape index (κ1) is 27.5. The van der Waals surface area contributed by atoms with Crippen LogP contribution < -0.4 is 14.5 Å². The lowest BCUT2D eigenvalue weighted by atomic mass is 9.68. The van der Waals surface area contributed by atoms with Crippen molar-refractivity contribution in [2.24, 2.45) is 29.6 Å². The van der Waals surface area contributed by atoms with Crippen LogP contribution in [0.5, 0.6) is 5.75 Å². The number of halogens is 1. The second kappa shape index (κ2) is 10.5. The van der Waals surface area contributed by atoms with Crippen LogP contribution >= 0.6 is 34.7 Å². The third kappa shape index (κ3) is 4.39. The SMILES string of the molecule is O=C(COc1ccc([C@@H]2c3sc(=O)[nH]c3S[C@@H]3[C@@H]4C[C@@H]([C@@H]5C(=O)N(c6ccc(Cl)cc6)C(=O)[C@@H]45)[C@H]23)cc1)N1CCCCC1. The van der Waals surface area contributed by atoms with Crippen molar-refractivity contribution in [3.63, 3.8) is 0 Å². The molecule has 1 N–H and O–H groups in total. The van der Waals surface area contributed by atoms with Gasteiger partial charge in [0.2, 0.25) is 11.8 Å². The van der Waals surface area contributed by atoms with Crippen LogP contribution in [0.4, 0.5) is 5.69 Å². The Hall–Kier alpha value is -3.08. The van der Waals surface area contributed by atoms with E-state index in [4.69, 9.17) is 16.3 Å². The van der Waals surface area contributed by atoms with Crippen LogP contribution in [-0.4, -0.2) is 52.6 Å². The molecule has 4 heterocycles. The van der Waals surface area contributed by atoms with Gasteiger partial charge < -0.3 is 14.6 Å². The molecule has 2 aliphatic carbocycles. The second-order valence-corrected chi connectivity index (χ2v) is 14.9. The summed E-state index contributed by atoms with van der Waals surface area (Å²) < 4.78 is 5.87. The average molecular weight is 636 g/mol. The van der Waals surface area contributed by atoms with Gasteiger partial charge in [0.15, 0.2) is 6.61 Å². The van der Waals surface area contributed by atoms with E-state index in [1.165, 1.54) is 22.7 Å². The number of fused-ring (bicyclic) bond motifs is 9. The van der Waals surface area contributed by atoms with Crippen molar-refractivity contribution in [3.05, 3.63) is 73.7 Å². The number of hydrogen-bond donors (Lipinski definition) is 1. The molecule has 222 valence electrons. The molecular formula is C32H30ClN3O5S2. The zero-order valence-corrected chi connectivity index (χ0v) is 25.6. The lowest BCUT2D eigenvalue weighted by Crippen LogP contribution is -2.42. The summed E-state index contributed by atoms with van der Waals surface area (Å²) in [6.45, 7) is 1.60. The van der Waals surface area contributed by atoms with Gasteiger partial charge in [0.1, 0.15) is 5.75 Å². The van der Waals surface area contributed by atoms with Gasteiger partial charge in [-0.05, 0) is 85.4 Å². The smallest absolute Gasteiger partial charge is 0.305 e. The molecule has 1 aromatic heterocycles. The first-order valence-corrected chi connectivity index (χ1v) is 17.0. The predicted molar refractivity (Wildman–Crippen MR) is 165 cm³/mol. The predicted octanol–water partition coefficient (Wildman–Crippen LogP) is 5.16. The Kier molecular flexibility index (Phi) is 6.72. The third-order valence-corrected chi connectivity index (χ3v) is 13.0. The highest BCUT2D eigenvalue weighted by Crippen LogP contribution is 2.68. The van der Waals surface area contributed by atoms with E-state index < -0.39 is 0 Å². The van der Waals surface area contributed by atoms with Crippen molar-refractivity contribution in [3.8, 4) is 5.75 Å². The van der Waals surface area contributed by atoms with Gasteiger partial charge in [0.25, 0.3) is 5.91 Å². The summed E-state index contributed by atoms with van der Waals surface area (Å²) in [7, 11) is 0. The number of likely N-dealkylation sites (tertiary alicyclic amines) is 1. The van der Waals surface area contributed by atoms with Crippen LogP contribution in [0.25, 0.3) is 0 Å². The number of thiazole rings is 1. The molecule has 0 unspecified atom stereocenters. The molecule has 3 amide bonds. The zero-order valence-electron chi connectivity index (χ0n) is 23.2. The summed E-state index contributed by atoms with van der Waals surface area (Å²) in [6, 6.07) is 14.7. The number of H-pyrrole nitrogens is 1. The lowest BCUT2D eigenvalue weighted by molar-refractivity contribution is -0.134. The fraction of sp³-hybridized carbons (Fsp3) is 0.438. The first-order valence-electron chi connectivity index (χ1n) is 14.9. The maximum atomic E-state index is 13.9. The molecule has 43 heavy (non-hydrogen) atoms. The Balaban J connectivity index is 1.08. The Morgan fingerprint density at radius 1 is 0.930 bits per heavy atom. The molecule has 0 spiro atoms. The number of nitrogens with zero attached hydrogens (tertiary/aromatic N) is 2. The van der Waals surface area contributed by atoms with Gasteiger partial charge in [-0.1, -0.05) is 35.1 Å². The Bertz CT molecular complexity index is 1670. The van der Waals surface area contributed by atoms with Gasteiger partial charge in [-0.3, -0.25) is 24.1 Å². The molecule has 2 bridgehead atoms. The molecule has 3 aromatic rings. The molecule has 0 radical (unpaired) electrons. The second-order valence-electron chi connectivity index (χ2n) is 12.2. The largest absolute Gasteiger partial charge is 0.484 e. The molecule has 8 rings (SSSR count). The zero-order chi connectivity index (χ0) is 29.4. The molecule has 3 aliphatic heterocycles. The fourth-order valence-corrected chi connectivity index (χ4v) is 11.4. The van der Waals surface area contributed by atoms with E-state index >= 15 is 0 Å². The van der Waals surface area contributed by atoms with Crippen molar-refractivity contribution in [2.45, 2.75) is 41.9 Å². The maximum Gasteiger partial charge on any atom is 0.305 e. The van der Waals surface area contributed by atoms with Crippen molar-refractivity contribution in [1.29, 1.82) is 0 Å². The topological polar surface area (TPSA) is 99.8 Å². The molecule has 4 fully saturated rings. The number of carbonyl (C=O) groups excluding carboxylic acids is 3. The molecule has 2 saturated heterocycles. The number of thioether (sulfide) groups is 1. The van der Waals surface area contributed by atoms with E-state index in [1.807, 2.05) is 29.2 Å². The number of hydrogen-bond acceptors (Lipinski definition) is 7. The molecule has 2 aromatic carbocycles. The normalized spacial score (nSPS) is 30.8. The minimum Gasteiger partial charge on any atom is -0.484 e. The number of nitrogens with one attached hydrogen (secondary N) is 1. The monoisotopic (exact) mass is 635 g/mol. The lowest BCUT2D eigenvalue weighted by Gasteiger charge is -2.43. The van der Waals surface area contributed by atoms with E-state index in [2.05, 4.69) is 4.98 Å². The Morgan fingerprint density at radius 2 is 1.63 bits per heavy atom. The van der Waals surface area contributed by atoms with Crippen LogP contribution in [0.15, 0.2) is 58.4 Å². The molecule has 5 aliphatic rings. The summed E-state index contributed by atoms with van der Waals surface area (Å²) in [6.07, 6.45) is 4.08. The quantitative estimate of drug-likeness (QED) is 0.389. The third-order valence-electron chi connectivity index (χ3n) is 10.1. The molecule has 11 heteroatoms. The van der Waals surface area contributed by atoms with E-state index in [1.54, 1.807) is 36.0 Å². The van der Waals surface area contributed by atoms with Crippen molar-refractivity contribution in [2.75, 3.05) is 24.6 Å². The molecular weight excluding hydrogens is 606 g/mol. The van der Waals surface area contributed by atoms with Crippen molar-refractivity contribution in [1.82, 2.24) is 9.88 Å². The van der Waals surface area contributed by atoms with Gasteiger partial charge in [-0.2, -0.15) is 0 Å². The highest BCUT2D eigenvalue weighted by Gasteiger charge is 2.69. The van der Waals surface area contributed by atoms with Crippen LogP contribution in [-0.2, 0) is 14.4 Å². The fourth-order valence-electron chi connectivity index (χ4n) is 8.39. The Labute approximate surface area is 261 Å². The standard InChI is InChI=1S/C32H30ClN3O5S2/c33-17-6-8-18(9-7-17)36-30(38)25-20-14-21(26(25)31(36)39)27-24(20)23(28-29(42-27)34-32(40)43-28)16-4-10-19(11-5-16)41-15-22(37)35-12-2-1-3-13-35/h4-11,20-21,23-27H,1-3,12-15H2,(H,34,40)/t20-,21-,23+,24-,25+,26+,27-/m1/s1. The summed E-state index contributed by atoms with van der Waals surface area (Å²) in [5, 5.41) is 1.55. The van der Waals surface area contributed by atoms with Crippen molar-refractivity contribution < 1.29 is 19.1 Å². The van der Waals surface area contributed by atoms with Crippen LogP contribution in [0.2, 0.25) is 5.02 Å². The number of aromatic nitrogens is 1. The molecule has 2 saturated carbocycles. The number of amides is 3. The van der Waals surface area contributed by atoms with Gasteiger partial charge >= 0.3 is 4.87 Å². The van der Waals surface area contributed by atoms with Gasteiger partial charge in [0, 0.05) is 34.2 Å². The van der Waals surface area contributed by atoms with Gasteiger partial charge in [-0.25, -0.2) is 0 Å². The van der Waals surface area contributed by atoms with Gasteiger partial charge in [0.05, 0.1) is 22.5 Å². The number of rotatable bonds is 5. The number of anilines is 1. The maximum absolute atomic E-state index is 13.9. The number of ether oxygens (including phenoxy) is 1. The Morgan fingerprint density at radius 3 is 2.35 bits per heavy atom. The van der Waals surface area contributed by atoms with E-state index in [0.29, 0.717) is 16.5 Å². The number of piperidine rings is 1. The van der Waals surface area contributed by atoms with E-state index in [0.717, 1.165) is 47.8 Å². The van der Waals surface area contributed by atoms with E-state index in [9.17, 15) is 19.2 Å². The minimum atomic E-state index is -0.363. The first-order chi connectivity index (χ1) is 20.9. The number of aromatic amines is 1. The van der Waals surface area contributed by atoms with Gasteiger partial charge in [-0.15, -0.1) is 11.8 Å². The number of imide groups is 1. The number of benzene rings is 2. The van der Waals surface area contributed by atoms with Crippen molar-refractivity contribution >= 4 is 58.1 Å². The molecule has 7 atom stereocenters. The molecule has 8 nitrogen and oxygen atoms in total. The van der Waals surface area contributed by atoms with Crippen LogP contribution in [0, 0.1) is 29.6 Å².